The van der Waals surface area contributed by atoms with E-state index in [-0.39, 0.29) is 0 Å². The zero-order chi connectivity index (χ0) is 12.6. The van der Waals surface area contributed by atoms with Crippen LogP contribution in [0.2, 0.25) is 13.3 Å². The monoisotopic (exact) mass is 333 g/mol. The minimum Gasteiger partial charge on any atom is -0.812 e. The van der Waals surface area contributed by atoms with Crippen LogP contribution in [-0.2, 0) is 0 Å². The Morgan fingerprint density at radius 3 is 1.31 bits per heavy atom. The van der Waals surface area contributed by atoms with Gasteiger partial charge in [-0.15, -0.1) is 0 Å². The van der Waals surface area contributed by atoms with Gasteiger partial charge in [0.15, 0.2) is 0 Å². The van der Waals surface area contributed by atoms with Gasteiger partial charge in [-0.1, -0.05) is 0 Å². The van der Waals surface area contributed by atoms with Crippen molar-refractivity contribution in [3.8, 4) is 6.26 Å². The quantitative estimate of drug-likeness (QED) is 0.477. The molecule has 0 atom stereocenters. The molecule has 0 aliphatic heterocycles. The van der Waals surface area contributed by atoms with E-state index in [1.165, 1.54) is 38.5 Å². The van der Waals surface area contributed by atoms with Crippen LogP contribution in [0.15, 0.2) is 0 Å². The molecule has 0 saturated heterocycles. The zero-order valence-corrected chi connectivity index (χ0v) is 14.1. The van der Waals surface area contributed by atoms with Crippen LogP contribution in [0, 0.1) is 11.5 Å². The van der Waals surface area contributed by atoms with Gasteiger partial charge in [0.2, 0.25) is 0 Å². The second kappa shape index (κ2) is 17.5. The van der Waals surface area contributed by atoms with E-state index in [1.807, 2.05) is 0 Å². The van der Waals surface area contributed by atoms with Crippen molar-refractivity contribution in [3.05, 3.63) is 0 Å². The van der Waals surface area contributed by atoms with Crippen molar-refractivity contribution in [1.29, 1.82) is 5.26 Å². The Morgan fingerprint density at radius 2 is 1.12 bits per heavy atom. The number of rotatable bonds is 9. The maximum atomic E-state index is 8.24. The Balaban J connectivity index is 0. The van der Waals surface area contributed by atoms with E-state index in [9.17, 15) is 0 Å². The minimum atomic E-state index is -0.839. The van der Waals surface area contributed by atoms with Gasteiger partial charge in [0.05, 0.1) is 0 Å². The summed E-state index contributed by atoms with van der Waals surface area (Å²) in [6.45, 7) is 7.00. The molecule has 2 nitrogen and oxygen atoms in total. The van der Waals surface area contributed by atoms with Gasteiger partial charge in [0.1, 0.15) is 0 Å². The Kier molecular flexibility index (Phi) is 20.2. The first-order valence-corrected chi connectivity index (χ1v) is 12.7. The third-order valence-corrected chi connectivity index (χ3v) is 11.7. The largest absolute Gasteiger partial charge is 0.812 e. The van der Waals surface area contributed by atoms with E-state index >= 15 is 0 Å². The summed E-state index contributed by atoms with van der Waals surface area (Å²) in [7, 11) is 0. The first-order chi connectivity index (χ1) is 7.76. The van der Waals surface area contributed by atoms with Crippen molar-refractivity contribution < 1.29 is 5.11 Å². The number of unbranched alkanes of at least 4 members (excludes halogenated alkanes) is 3. The number of nitrogens with zero attached hydrogens (tertiary/aromatic N) is 1. The predicted octanol–water partition coefficient (Wildman–Crippen LogP) is 3.71. The van der Waals surface area contributed by atoms with Crippen molar-refractivity contribution in [1.82, 2.24) is 0 Å². The molecule has 0 fully saturated rings. The predicted molar refractivity (Wildman–Crippen MR) is 70.5 cm³/mol. The Labute approximate surface area is 109 Å². The van der Waals surface area contributed by atoms with Gasteiger partial charge in [-0.05, 0) is 0 Å². The Hall–Kier alpha value is 0.0887. The molecule has 94 valence electrons. The molecule has 0 aromatic heterocycles. The fraction of sp³-hybridized carbons (Fsp3) is 0.923. The van der Waals surface area contributed by atoms with Crippen LogP contribution in [0.4, 0.5) is 0 Å². The van der Waals surface area contributed by atoms with Crippen molar-refractivity contribution in [2.75, 3.05) is 0 Å². The maximum Gasteiger partial charge on any atom is 0.0199 e. The van der Waals surface area contributed by atoms with E-state index in [4.69, 9.17) is 10.4 Å². The van der Waals surface area contributed by atoms with Gasteiger partial charge in [0, 0.05) is 6.26 Å². The molecule has 0 unspecified atom stereocenters. The van der Waals surface area contributed by atoms with Crippen molar-refractivity contribution in [3.63, 3.8) is 0 Å². The fourth-order valence-electron chi connectivity index (χ4n) is 1.66. The standard InChI is InChI=1S/3C4H9.CHNO.Sn/c3*1-3-4-2;2-1-3;/h3*1,3-4H2,2H3;3H;/q;;;;+1/p-1. The molecular formula is C13H27NOSn. The summed E-state index contributed by atoms with van der Waals surface area (Å²) >= 11 is -0.839. The molecule has 0 bridgehead atoms. The molecule has 0 radical (unpaired) electrons. The van der Waals surface area contributed by atoms with Gasteiger partial charge in [-0.3, -0.25) is 0 Å². The average Bonchev–Trinajstić information content (AvgIpc) is 2.29. The molecule has 0 saturated carbocycles. The van der Waals surface area contributed by atoms with Crippen LogP contribution in [0.1, 0.15) is 59.3 Å². The molecule has 0 aliphatic rings. The van der Waals surface area contributed by atoms with E-state index < -0.39 is 19.8 Å². The van der Waals surface area contributed by atoms with E-state index in [2.05, 4.69) is 20.8 Å². The van der Waals surface area contributed by atoms with Crippen LogP contribution in [-0.4, -0.2) is 19.8 Å². The maximum absolute atomic E-state index is 8.24. The van der Waals surface area contributed by atoms with E-state index in [1.54, 1.807) is 13.3 Å². The number of nitriles is 1. The summed E-state index contributed by atoms with van der Waals surface area (Å²) in [6.07, 6.45) is 9.35. The van der Waals surface area contributed by atoms with Crippen LogP contribution < -0.4 is 5.11 Å². The summed E-state index contributed by atoms with van der Waals surface area (Å²) in [5, 5.41) is 15.0. The van der Waals surface area contributed by atoms with Crippen LogP contribution >= 0.6 is 0 Å². The number of hydrogen-bond donors (Lipinski definition) is 0. The molecular weight excluding hydrogens is 305 g/mol. The molecule has 0 N–H and O–H groups in total. The second-order valence-corrected chi connectivity index (χ2v) is 12.7. The molecule has 0 amide bonds. The van der Waals surface area contributed by atoms with Crippen LogP contribution in [0.25, 0.3) is 0 Å². The SMILES string of the molecule is CCC[CH2][Sn+]([CH2]CCC)[CH2]CCC.N#C[O-]. The summed E-state index contributed by atoms with van der Waals surface area (Å²) in [4.78, 5) is 0. The Morgan fingerprint density at radius 1 is 0.875 bits per heavy atom. The van der Waals surface area contributed by atoms with Crippen LogP contribution in [0.3, 0.4) is 0 Å². The first kappa shape index (κ1) is 18.5. The minimum absolute atomic E-state index is 0.500. The summed E-state index contributed by atoms with van der Waals surface area (Å²) in [5.41, 5.74) is 0. The van der Waals surface area contributed by atoms with Gasteiger partial charge >= 0.3 is 92.4 Å². The first-order valence-electron chi connectivity index (χ1n) is 6.61. The topological polar surface area (TPSA) is 46.8 Å². The van der Waals surface area contributed by atoms with Gasteiger partial charge in [0.25, 0.3) is 0 Å². The van der Waals surface area contributed by atoms with Gasteiger partial charge in [-0.2, -0.15) is 0 Å². The smallest absolute Gasteiger partial charge is 0.0199 e. The summed E-state index contributed by atoms with van der Waals surface area (Å²) in [6, 6.07) is 0. The molecule has 0 heterocycles. The Bertz CT molecular complexity index is 137. The zero-order valence-electron chi connectivity index (χ0n) is 11.2. The average molecular weight is 332 g/mol. The molecule has 3 heteroatoms. The molecule has 0 rings (SSSR count). The summed E-state index contributed by atoms with van der Waals surface area (Å²) < 4.78 is 5.04. The summed E-state index contributed by atoms with van der Waals surface area (Å²) in [5.74, 6) is 0. The second-order valence-electron chi connectivity index (χ2n) is 4.15. The van der Waals surface area contributed by atoms with Gasteiger partial charge in [-0.25, -0.2) is 5.26 Å². The molecule has 0 spiro atoms. The molecule has 0 aliphatic carbocycles. The molecule has 0 aromatic rings. The van der Waals surface area contributed by atoms with Gasteiger partial charge < -0.3 is 5.11 Å². The van der Waals surface area contributed by atoms with Crippen molar-refractivity contribution >= 4 is 19.8 Å². The van der Waals surface area contributed by atoms with Crippen molar-refractivity contribution in [2.24, 2.45) is 0 Å². The van der Waals surface area contributed by atoms with Crippen LogP contribution in [0.5, 0.6) is 0 Å². The molecule has 0 aromatic carbocycles. The fourth-order valence-corrected chi connectivity index (χ4v) is 11.1. The third kappa shape index (κ3) is 16.5. The van der Waals surface area contributed by atoms with E-state index in [0.29, 0.717) is 6.26 Å². The van der Waals surface area contributed by atoms with E-state index in [0.717, 1.165) is 0 Å². The number of hydrogen-bond acceptors (Lipinski definition) is 2. The normalized spacial score (nSPS) is 8.88. The van der Waals surface area contributed by atoms with Crippen molar-refractivity contribution in [2.45, 2.75) is 72.6 Å². The third-order valence-electron chi connectivity index (χ3n) is 2.65. The molecule has 16 heavy (non-hydrogen) atoms.